The molecule has 0 aromatic heterocycles. The molecule has 0 saturated carbocycles. The Kier molecular flexibility index (Phi) is 8.91. The summed E-state index contributed by atoms with van der Waals surface area (Å²) in [6.45, 7) is 23.9. The Labute approximate surface area is 209 Å². The van der Waals surface area contributed by atoms with E-state index in [9.17, 15) is 9.90 Å². The lowest BCUT2D eigenvalue weighted by Gasteiger charge is -2.42. The lowest BCUT2D eigenvalue weighted by Crippen LogP contribution is -2.40. The van der Waals surface area contributed by atoms with Crippen LogP contribution in [0.25, 0.3) is 5.57 Å². The van der Waals surface area contributed by atoms with Gasteiger partial charge in [0, 0.05) is 18.2 Å². The molecule has 34 heavy (non-hydrogen) atoms. The number of carboxylic acid groups (broad SMARTS) is 1. The van der Waals surface area contributed by atoms with Crippen molar-refractivity contribution in [1.82, 2.24) is 0 Å². The number of fused-ring (bicyclic) bond motifs is 1. The molecule has 0 aliphatic heterocycles. The number of rotatable bonds is 10. The lowest BCUT2D eigenvalue weighted by molar-refractivity contribution is -0.131. The van der Waals surface area contributed by atoms with Crippen LogP contribution in [-0.2, 0) is 20.1 Å². The SMILES string of the molecule is CC(=CC(=O)O)c1cc2c(cc1OCCCCCO[Si](C)(C)C(C)(C)C)C(C)(C)CCC2(C)C. The highest BCUT2D eigenvalue weighted by Gasteiger charge is 2.38. The van der Waals surface area contributed by atoms with E-state index in [4.69, 9.17) is 9.16 Å². The molecule has 0 unspecified atom stereocenters. The van der Waals surface area contributed by atoms with Crippen molar-refractivity contribution < 1.29 is 19.1 Å². The van der Waals surface area contributed by atoms with Crippen LogP contribution in [-0.4, -0.2) is 32.6 Å². The van der Waals surface area contributed by atoms with Crippen molar-refractivity contribution in [1.29, 1.82) is 0 Å². The number of unbranched alkanes of at least 4 members (excludes halogenated alkanes) is 2. The zero-order valence-corrected chi connectivity index (χ0v) is 24.4. The molecule has 5 heteroatoms. The number of hydrogen-bond acceptors (Lipinski definition) is 3. The molecular formula is C29H48O4Si. The molecule has 0 heterocycles. The van der Waals surface area contributed by atoms with Crippen LogP contribution in [0.1, 0.15) is 104 Å². The Bertz CT molecular complexity index is 903. The van der Waals surface area contributed by atoms with E-state index < -0.39 is 14.3 Å². The minimum atomic E-state index is -1.68. The molecule has 192 valence electrons. The van der Waals surface area contributed by atoms with E-state index in [0.717, 1.165) is 55.6 Å². The van der Waals surface area contributed by atoms with E-state index >= 15 is 0 Å². The predicted molar refractivity (Wildman–Crippen MR) is 146 cm³/mol. The Balaban J connectivity index is 2.13. The summed E-state index contributed by atoms with van der Waals surface area (Å²) in [5, 5.41) is 9.58. The first-order valence-corrected chi connectivity index (χ1v) is 15.8. The van der Waals surface area contributed by atoms with Crippen LogP contribution < -0.4 is 4.74 Å². The zero-order chi connectivity index (χ0) is 25.9. The topological polar surface area (TPSA) is 55.8 Å². The highest BCUT2D eigenvalue weighted by Crippen LogP contribution is 2.48. The molecule has 2 rings (SSSR count). The van der Waals surface area contributed by atoms with Gasteiger partial charge in [0.15, 0.2) is 8.32 Å². The van der Waals surface area contributed by atoms with Crippen LogP contribution in [0.15, 0.2) is 18.2 Å². The van der Waals surface area contributed by atoms with E-state index in [0.29, 0.717) is 6.61 Å². The van der Waals surface area contributed by atoms with Crippen molar-refractivity contribution in [3.63, 3.8) is 0 Å². The third-order valence-electron chi connectivity index (χ3n) is 8.03. The second kappa shape index (κ2) is 10.6. The van der Waals surface area contributed by atoms with Crippen molar-refractivity contribution in [3.05, 3.63) is 34.9 Å². The number of allylic oxidation sites excluding steroid dienone is 1. The molecular weight excluding hydrogens is 440 g/mol. The van der Waals surface area contributed by atoms with Gasteiger partial charge in [0.25, 0.3) is 0 Å². The Morgan fingerprint density at radius 2 is 1.53 bits per heavy atom. The maximum Gasteiger partial charge on any atom is 0.328 e. The molecule has 0 fully saturated rings. The van der Waals surface area contributed by atoms with E-state index in [-0.39, 0.29) is 15.9 Å². The van der Waals surface area contributed by atoms with E-state index in [1.807, 2.05) is 6.92 Å². The van der Waals surface area contributed by atoms with Crippen molar-refractivity contribution >= 4 is 19.9 Å². The fourth-order valence-corrected chi connectivity index (χ4v) is 5.48. The molecule has 0 amide bonds. The predicted octanol–water partition coefficient (Wildman–Crippen LogP) is 8.09. The zero-order valence-electron chi connectivity index (χ0n) is 23.4. The molecule has 0 atom stereocenters. The van der Waals surface area contributed by atoms with Gasteiger partial charge in [-0.05, 0) is 96.8 Å². The molecule has 0 radical (unpaired) electrons. The lowest BCUT2D eigenvalue weighted by atomic mass is 9.62. The maximum absolute atomic E-state index is 11.4. The number of carbonyl (C=O) groups is 1. The van der Waals surface area contributed by atoms with Gasteiger partial charge >= 0.3 is 5.97 Å². The Hall–Kier alpha value is -1.59. The quantitative estimate of drug-likeness (QED) is 0.205. The number of aliphatic carboxylic acids is 1. The average molecular weight is 489 g/mol. The second-order valence-electron chi connectivity index (χ2n) is 12.8. The first-order valence-electron chi connectivity index (χ1n) is 12.9. The van der Waals surface area contributed by atoms with Crippen molar-refractivity contribution in [3.8, 4) is 5.75 Å². The first-order chi connectivity index (χ1) is 15.5. The van der Waals surface area contributed by atoms with Gasteiger partial charge in [0.05, 0.1) is 6.61 Å². The van der Waals surface area contributed by atoms with Gasteiger partial charge in [-0.1, -0.05) is 48.5 Å². The van der Waals surface area contributed by atoms with Crippen molar-refractivity contribution in [2.45, 2.75) is 116 Å². The minimum absolute atomic E-state index is 0.0613. The summed E-state index contributed by atoms with van der Waals surface area (Å²) in [6, 6.07) is 4.37. The molecule has 1 N–H and O–H groups in total. The fraction of sp³-hybridized carbons (Fsp3) is 0.690. The molecule has 0 saturated heterocycles. The van der Waals surface area contributed by atoms with Gasteiger partial charge in [-0.15, -0.1) is 0 Å². The second-order valence-corrected chi connectivity index (χ2v) is 17.7. The third kappa shape index (κ3) is 6.97. The van der Waals surface area contributed by atoms with Gasteiger partial charge in [-0.3, -0.25) is 0 Å². The fourth-order valence-electron chi connectivity index (χ4n) is 4.39. The highest BCUT2D eigenvalue weighted by atomic mass is 28.4. The summed E-state index contributed by atoms with van der Waals surface area (Å²) in [7, 11) is -1.68. The molecule has 4 nitrogen and oxygen atoms in total. The normalized spacial score (nSPS) is 17.9. The van der Waals surface area contributed by atoms with Crippen molar-refractivity contribution in [2.24, 2.45) is 0 Å². The van der Waals surface area contributed by atoms with Crippen LogP contribution in [0.3, 0.4) is 0 Å². The summed E-state index contributed by atoms with van der Waals surface area (Å²) in [5.41, 5.74) is 4.40. The summed E-state index contributed by atoms with van der Waals surface area (Å²) in [4.78, 5) is 11.4. The van der Waals surface area contributed by atoms with Crippen LogP contribution in [0, 0.1) is 0 Å². The smallest absolute Gasteiger partial charge is 0.328 e. The van der Waals surface area contributed by atoms with Crippen molar-refractivity contribution in [2.75, 3.05) is 13.2 Å². The van der Waals surface area contributed by atoms with E-state index in [1.54, 1.807) is 0 Å². The van der Waals surface area contributed by atoms with Gasteiger partial charge in [0.1, 0.15) is 5.75 Å². The Morgan fingerprint density at radius 3 is 2.06 bits per heavy atom. The molecule has 1 aromatic rings. The van der Waals surface area contributed by atoms with Gasteiger partial charge in [-0.25, -0.2) is 4.79 Å². The Morgan fingerprint density at radius 1 is 1.00 bits per heavy atom. The van der Waals surface area contributed by atoms with Crippen LogP contribution in [0.4, 0.5) is 0 Å². The van der Waals surface area contributed by atoms with Gasteiger partial charge in [0.2, 0.25) is 0 Å². The minimum Gasteiger partial charge on any atom is -0.493 e. The number of carboxylic acids is 1. The summed E-state index contributed by atoms with van der Waals surface area (Å²) in [6.07, 6.45) is 6.57. The summed E-state index contributed by atoms with van der Waals surface area (Å²) < 4.78 is 12.6. The summed E-state index contributed by atoms with van der Waals surface area (Å²) in [5.74, 6) is -0.125. The molecule has 0 spiro atoms. The van der Waals surface area contributed by atoms with Gasteiger partial charge in [-0.2, -0.15) is 0 Å². The average Bonchev–Trinajstić information content (AvgIpc) is 2.69. The first kappa shape index (κ1) is 28.6. The van der Waals surface area contributed by atoms with Crippen LogP contribution in [0.2, 0.25) is 18.1 Å². The molecule has 1 aliphatic rings. The van der Waals surface area contributed by atoms with E-state index in [1.165, 1.54) is 17.2 Å². The van der Waals surface area contributed by atoms with Crippen LogP contribution in [0.5, 0.6) is 5.75 Å². The largest absolute Gasteiger partial charge is 0.493 e. The standard InChI is InChI=1S/C29H48O4Si/c1-21(18-26(30)31)22-19-23-24(29(7,8)15-14-28(23,5)6)20-25(22)32-16-12-11-13-17-33-34(9,10)27(2,3)4/h18-20H,11-17H2,1-10H3,(H,30,31). The monoisotopic (exact) mass is 488 g/mol. The van der Waals surface area contributed by atoms with E-state index in [2.05, 4.69) is 73.7 Å². The number of hydrogen-bond donors (Lipinski definition) is 1. The molecule has 1 aromatic carbocycles. The van der Waals surface area contributed by atoms with Crippen LogP contribution >= 0.6 is 0 Å². The third-order valence-corrected chi connectivity index (χ3v) is 12.6. The molecule has 0 bridgehead atoms. The number of benzene rings is 1. The highest BCUT2D eigenvalue weighted by molar-refractivity contribution is 6.74. The summed E-state index contributed by atoms with van der Waals surface area (Å²) >= 11 is 0. The van der Waals surface area contributed by atoms with Gasteiger partial charge < -0.3 is 14.3 Å². The molecule has 1 aliphatic carbocycles. The number of ether oxygens (including phenoxy) is 1. The maximum atomic E-state index is 11.4.